The maximum absolute atomic E-state index is 11.7. The summed E-state index contributed by atoms with van der Waals surface area (Å²) in [5.41, 5.74) is 0. The van der Waals surface area contributed by atoms with Crippen molar-refractivity contribution < 1.29 is 14.3 Å². The van der Waals surface area contributed by atoms with E-state index < -0.39 is 0 Å². The van der Waals surface area contributed by atoms with Gasteiger partial charge in [0.25, 0.3) is 0 Å². The van der Waals surface area contributed by atoms with Gasteiger partial charge in [-0.3, -0.25) is 14.5 Å². The summed E-state index contributed by atoms with van der Waals surface area (Å²) in [6.07, 6.45) is 4.21. The highest BCUT2D eigenvalue weighted by Gasteiger charge is 2.32. The van der Waals surface area contributed by atoms with Crippen LogP contribution in [0.15, 0.2) is 0 Å². The molecule has 2 rings (SSSR count). The second-order valence-electron chi connectivity index (χ2n) is 4.90. The zero-order valence-electron chi connectivity index (χ0n) is 10.3. The summed E-state index contributed by atoms with van der Waals surface area (Å²) in [6, 6.07) is -0.230. The average molecular weight is 240 g/mol. The van der Waals surface area contributed by atoms with Crippen LogP contribution in [0.1, 0.15) is 25.7 Å². The van der Waals surface area contributed by atoms with Crippen LogP contribution in [0.5, 0.6) is 0 Å². The van der Waals surface area contributed by atoms with E-state index in [-0.39, 0.29) is 17.9 Å². The van der Waals surface area contributed by atoms with Gasteiger partial charge in [0.15, 0.2) is 0 Å². The van der Waals surface area contributed by atoms with Crippen LogP contribution in [0.3, 0.4) is 0 Å². The number of esters is 1. The molecule has 1 saturated carbocycles. The van der Waals surface area contributed by atoms with Gasteiger partial charge in [-0.05, 0) is 38.1 Å². The van der Waals surface area contributed by atoms with Gasteiger partial charge in [0.05, 0.1) is 13.7 Å². The molecule has 1 saturated heterocycles. The quantitative estimate of drug-likeness (QED) is 0.695. The predicted molar refractivity (Wildman–Crippen MR) is 62.3 cm³/mol. The third kappa shape index (κ3) is 3.43. The Kier molecular flexibility index (Phi) is 3.99. The normalized spacial score (nSPS) is 24.6. The molecule has 0 aromatic heterocycles. The van der Waals surface area contributed by atoms with Gasteiger partial charge in [0, 0.05) is 6.54 Å². The highest BCUT2D eigenvalue weighted by molar-refractivity contribution is 5.80. The maximum atomic E-state index is 11.7. The van der Waals surface area contributed by atoms with Crippen molar-refractivity contribution in [1.82, 2.24) is 10.2 Å². The van der Waals surface area contributed by atoms with Crippen LogP contribution < -0.4 is 5.32 Å². The average Bonchev–Trinajstić information content (AvgIpc) is 3.05. The van der Waals surface area contributed by atoms with Gasteiger partial charge >= 0.3 is 5.97 Å². The Bertz CT molecular complexity index is 302. The van der Waals surface area contributed by atoms with E-state index in [0.717, 1.165) is 25.9 Å². The number of amides is 1. The lowest BCUT2D eigenvalue weighted by molar-refractivity contribution is -0.146. The summed E-state index contributed by atoms with van der Waals surface area (Å²) in [5, 5.41) is 2.92. The number of rotatable bonds is 5. The van der Waals surface area contributed by atoms with Crippen LogP contribution in [-0.2, 0) is 14.3 Å². The van der Waals surface area contributed by atoms with Gasteiger partial charge in [-0.1, -0.05) is 0 Å². The van der Waals surface area contributed by atoms with Crippen molar-refractivity contribution in [2.45, 2.75) is 31.7 Å². The zero-order valence-corrected chi connectivity index (χ0v) is 10.3. The van der Waals surface area contributed by atoms with Crippen LogP contribution in [0.2, 0.25) is 0 Å². The van der Waals surface area contributed by atoms with Crippen molar-refractivity contribution in [3.8, 4) is 0 Å². The van der Waals surface area contributed by atoms with Gasteiger partial charge in [-0.25, -0.2) is 0 Å². The zero-order chi connectivity index (χ0) is 12.3. The van der Waals surface area contributed by atoms with E-state index >= 15 is 0 Å². The number of likely N-dealkylation sites (tertiary alicyclic amines) is 1. The molecule has 5 nitrogen and oxygen atoms in total. The molecule has 96 valence electrons. The van der Waals surface area contributed by atoms with Crippen molar-refractivity contribution in [1.29, 1.82) is 0 Å². The second kappa shape index (κ2) is 5.49. The fourth-order valence-electron chi connectivity index (χ4n) is 2.24. The minimum absolute atomic E-state index is 0.0210. The lowest BCUT2D eigenvalue weighted by atomic mass is 10.2. The molecule has 0 bridgehead atoms. The molecule has 17 heavy (non-hydrogen) atoms. The molecule has 2 aliphatic rings. The molecule has 0 radical (unpaired) electrons. The fraction of sp³-hybridized carbons (Fsp3) is 0.833. The van der Waals surface area contributed by atoms with E-state index in [9.17, 15) is 9.59 Å². The molecule has 2 fully saturated rings. The SMILES string of the molecule is COC(=O)C1CCCN1CC(=O)NCC1CC1. The number of carbonyl (C=O) groups excluding carboxylic acids is 2. The number of ether oxygens (including phenoxy) is 1. The smallest absolute Gasteiger partial charge is 0.323 e. The molecule has 0 aromatic rings. The number of nitrogens with zero attached hydrogens (tertiary/aromatic N) is 1. The summed E-state index contributed by atoms with van der Waals surface area (Å²) in [7, 11) is 1.39. The number of carbonyl (C=O) groups is 2. The van der Waals surface area contributed by atoms with Gasteiger partial charge in [0.1, 0.15) is 6.04 Å². The maximum Gasteiger partial charge on any atom is 0.323 e. The van der Waals surface area contributed by atoms with E-state index in [1.807, 2.05) is 4.90 Å². The molecule has 1 aliphatic heterocycles. The van der Waals surface area contributed by atoms with Crippen LogP contribution in [0, 0.1) is 5.92 Å². The standard InChI is InChI=1S/C12H20N2O3/c1-17-12(16)10-3-2-6-14(10)8-11(15)13-7-9-4-5-9/h9-10H,2-8H2,1H3,(H,13,15). The van der Waals surface area contributed by atoms with Gasteiger partial charge in [-0.2, -0.15) is 0 Å². The van der Waals surface area contributed by atoms with Crippen LogP contribution in [0.25, 0.3) is 0 Å². The first-order chi connectivity index (χ1) is 8.20. The lowest BCUT2D eigenvalue weighted by Gasteiger charge is -2.21. The molecular weight excluding hydrogens is 220 g/mol. The third-order valence-corrected chi connectivity index (χ3v) is 3.47. The van der Waals surface area contributed by atoms with Crippen LogP contribution in [-0.4, -0.2) is 49.6 Å². The highest BCUT2D eigenvalue weighted by Crippen LogP contribution is 2.27. The van der Waals surface area contributed by atoms with Gasteiger partial charge in [-0.15, -0.1) is 0 Å². The van der Waals surface area contributed by atoms with E-state index in [2.05, 4.69) is 5.32 Å². The number of hydrogen-bond donors (Lipinski definition) is 1. The van der Waals surface area contributed by atoms with Crippen molar-refractivity contribution in [2.24, 2.45) is 5.92 Å². The summed E-state index contributed by atoms with van der Waals surface area (Å²) in [4.78, 5) is 25.1. The Hall–Kier alpha value is -1.10. The summed E-state index contributed by atoms with van der Waals surface area (Å²) in [5.74, 6) is 0.485. The molecule has 1 atom stereocenters. The molecule has 0 aromatic carbocycles. The third-order valence-electron chi connectivity index (χ3n) is 3.47. The number of hydrogen-bond acceptors (Lipinski definition) is 4. The van der Waals surface area contributed by atoms with Crippen molar-refractivity contribution in [2.75, 3.05) is 26.7 Å². The van der Waals surface area contributed by atoms with E-state index in [1.165, 1.54) is 20.0 Å². The van der Waals surface area contributed by atoms with E-state index in [0.29, 0.717) is 12.5 Å². The molecule has 1 amide bonds. The Morgan fingerprint density at radius 2 is 2.12 bits per heavy atom. The Morgan fingerprint density at radius 1 is 1.35 bits per heavy atom. The molecular formula is C12H20N2O3. The molecule has 1 heterocycles. The minimum Gasteiger partial charge on any atom is -0.468 e. The van der Waals surface area contributed by atoms with Crippen LogP contribution >= 0.6 is 0 Å². The first-order valence-corrected chi connectivity index (χ1v) is 6.29. The van der Waals surface area contributed by atoms with Crippen molar-refractivity contribution >= 4 is 11.9 Å². The second-order valence-corrected chi connectivity index (χ2v) is 4.90. The Labute approximate surface area is 101 Å². The first-order valence-electron chi connectivity index (χ1n) is 6.29. The molecule has 1 N–H and O–H groups in total. The minimum atomic E-state index is -0.230. The molecule has 0 spiro atoms. The lowest BCUT2D eigenvalue weighted by Crippen LogP contribution is -2.43. The van der Waals surface area contributed by atoms with E-state index in [1.54, 1.807) is 0 Å². The first kappa shape index (κ1) is 12.4. The van der Waals surface area contributed by atoms with Crippen molar-refractivity contribution in [3.05, 3.63) is 0 Å². The van der Waals surface area contributed by atoms with Crippen molar-refractivity contribution in [3.63, 3.8) is 0 Å². The van der Waals surface area contributed by atoms with Crippen LogP contribution in [0.4, 0.5) is 0 Å². The molecule has 1 unspecified atom stereocenters. The largest absolute Gasteiger partial charge is 0.468 e. The molecule has 1 aliphatic carbocycles. The number of nitrogens with one attached hydrogen (secondary N) is 1. The Morgan fingerprint density at radius 3 is 2.76 bits per heavy atom. The fourth-order valence-corrected chi connectivity index (χ4v) is 2.24. The molecule has 5 heteroatoms. The highest BCUT2D eigenvalue weighted by atomic mass is 16.5. The predicted octanol–water partition coefficient (Wildman–Crippen LogP) is 0.150. The topological polar surface area (TPSA) is 58.6 Å². The van der Waals surface area contributed by atoms with Gasteiger partial charge in [0.2, 0.25) is 5.91 Å². The Balaban J connectivity index is 1.75. The van der Waals surface area contributed by atoms with Gasteiger partial charge < -0.3 is 10.1 Å². The monoisotopic (exact) mass is 240 g/mol. The number of methoxy groups -OCH3 is 1. The summed E-state index contributed by atoms with van der Waals surface area (Å²) in [6.45, 7) is 1.90. The summed E-state index contributed by atoms with van der Waals surface area (Å²) >= 11 is 0. The van der Waals surface area contributed by atoms with E-state index in [4.69, 9.17) is 4.74 Å². The summed E-state index contributed by atoms with van der Waals surface area (Å²) < 4.78 is 4.74.